The Balaban J connectivity index is 2.74. The molecule has 0 atom stereocenters. The molecule has 18 heavy (non-hydrogen) atoms. The largest absolute Gasteiger partial charge is 0.399 e. The van der Waals surface area contributed by atoms with E-state index >= 15 is 0 Å². The van der Waals surface area contributed by atoms with Crippen molar-refractivity contribution in [3.63, 3.8) is 0 Å². The van der Waals surface area contributed by atoms with Gasteiger partial charge in [0.05, 0.1) is 5.75 Å². The number of benzene rings is 1. The summed E-state index contributed by atoms with van der Waals surface area (Å²) < 4.78 is 25.7. The second-order valence-corrected chi connectivity index (χ2v) is 7.57. The lowest BCUT2D eigenvalue weighted by Crippen LogP contribution is -2.43. The third-order valence-electron chi connectivity index (χ3n) is 2.96. The van der Waals surface area contributed by atoms with Crippen LogP contribution >= 0.6 is 0 Å². The van der Waals surface area contributed by atoms with E-state index in [1.54, 1.807) is 13.1 Å². The average Bonchev–Trinajstić information content (AvgIpc) is 2.24. The first-order valence-corrected chi connectivity index (χ1v) is 7.55. The molecule has 0 heterocycles. The lowest BCUT2D eigenvalue weighted by atomic mass is 10.1. The summed E-state index contributed by atoms with van der Waals surface area (Å²) >= 11 is 0. The van der Waals surface area contributed by atoms with E-state index < -0.39 is 15.6 Å². The number of anilines is 1. The first kappa shape index (κ1) is 15.0. The molecule has 0 aliphatic carbocycles. The van der Waals surface area contributed by atoms with Gasteiger partial charge in [-0.1, -0.05) is 12.1 Å². The Labute approximate surface area is 110 Å². The normalized spacial score (nSPS) is 12.9. The van der Waals surface area contributed by atoms with Crippen molar-refractivity contribution >= 4 is 15.7 Å². The molecule has 0 radical (unpaired) electrons. The maximum absolute atomic E-state index is 12.1. The number of hydrogen-bond donors (Lipinski definition) is 1. The quantitative estimate of drug-likeness (QED) is 0.850. The van der Waals surface area contributed by atoms with Crippen LogP contribution < -0.4 is 5.73 Å². The Kier molecular flexibility index (Phi) is 4.40. The maximum atomic E-state index is 12.1. The van der Waals surface area contributed by atoms with Crippen LogP contribution in [0.5, 0.6) is 0 Å². The molecule has 1 rings (SSSR count). The van der Waals surface area contributed by atoms with E-state index in [9.17, 15) is 8.42 Å². The lowest BCUT2D eigenvalue weighted by Gasteiger charge is -2.30. The number of nitrogens with two attached hydrogens (primary N) is 1. The van der Waals surface area contributed by atoms with Crippen LogP contribution in [-0.2, 0) is 16.4 Å². The zero-order valence-electron chi connectivity index (χ0n) is 11.5. The SMILES string of the molecule is CN(C(C)(C)C)S(=O)(=O)CCc1cccc(N)c1. The molecule has 1 aromatic carbocycles. The average molecular weight is 270 g/mol. The second-order valence-electron chi connectivity index (χ2n) is 5.45. The number of nitrogen functional groups attached to an aromatic ring is 1. The van der Waals surface area contributed by atoms with E-state index in [0.717, 1.165) is 5.56 Å². The van der Waals surface area contributed by atoms with Gasteiger partial charge in [-0.05, 0) is 44.9 Å². The van der Waals surface area contributed by atoms with Gasteiger partial charge < -0.3 is 5.73 Å². The van der Waals surface area contributed by atoms with Crippen LogP contribution in [0.15, 0.2) is 24.3 Å². The Morgan fingerprint density at radius 2 is 1.89 bits per heavy atom. The maximum Gasteiger partial charge on any atom is 0.214 e. The van der Waals surface area contributed by atoms with Crippen LogP contribution in [0, 0.1) is 0 Å². The van der Waals surface area contributed by atoms with Crippen molar-refractivity contribution in [2.45, 2.75) is 32.7 Å². The van der Waals surface area contributed by atoms with Crippen molar-refractivity contribution in [3.8, 4) is 0 Å². The summed E-state index contributed by atoms with van der Waals surface area (Å²) in [6.07, 6.45) is 0.480. The smallest absolute Gasteiger partial charge is 0.214 e. The molecule has 2 N–H and O–H groups in total. The van der Waals surface area contributed by atoms with Crippen LogP contribution in [0.25, 0.3) is 0 Å². The number of nitrogens with zero attached hydrogens (tertiary/aromatic N) is 1. The fraction of sp³-hybridized carbons (Fsp3) is 0.538. The number of aryl methyl sites for hydroxylation is 1. The summed E-state index contributed by atoms with van der Waals surface area (Å²) in [5, 5.41) is 0. The van der Waals surface area contributed by atoms with E-state index in [4.69, 9.17) is 5.73 Å². The zero-order valence-corrected chi connectivity index (χ0v) is 12.3. The number of hydrogen-bond acceptors (Lipinski definition) is 3. The molecule has 0 aliphatic heterocycles. The Morgan fingerprint density at radius 3 is 2.39 bits per heavy atom. The minimum atomic E-state index is -3.24. The van der Waals surface area contributed by atoms with Crippen molar-refractivity contribution in [2.75, 3.05) is 18.5 Å². The third-order valence-corrected chi connectivity index (χ3v) is 5.06. The second kappa shape index (κ2) is 5.28. The van der Waals surface area contributed by atoms with Gasteiger partial charge >= 0.3 is 0 Å². The highest BCUT2D eigenvalue weighted by atomic mass is 32.2. The Bertz CT molecular complexity index is 504. The van der Waals surface area contributed by atoms with Crippen LogP contribution in [0.1, 0.15) is 26.3 Å². The topological polar surface area (TPSA) is 63.4 Å². The molecule has 4 nitrogen and oxygen atoms in total. The molecule has 102 valence electrons. The molecular weight excluding hydrogens is 248 g/mol. The molecule has 0 aromatic heterocycles. The molecule has 1 aromatic rings. The molecule has 0 fully saturated rings. The van der Waals surface area contributed by atoms with Gasteiger partial charge in [0.25, 0.3) is 0 Å². The number of sulfonamides is 1. The van der Waals surface area contributed by atoms with Crippen LogP contribution in [0.3, 0.4) is 0 Å². The summed E-state index contributed by atoms with van der Waals surface area (Å²) in [7, 11) is -1.62. The van der Waals surface area contributed by atoms with Gasteiger partial charge in [0.1, 0.15) is 0 Å². The van der Waals surface area contributed by atoms with E-state index in [0.29, 0.717) is 12.1 Å². The van der Waals surface area contributed by atoms with E-state index in [-0.39, 0.29) is 5.75 Å². The predicted octanol–water partition coefficient (Wildman–Crippen LogP) is 1.87. The lowest BCUT2D eigenvalue weighted by molar-refractivity contribution is 0.292. The van der Waals surface area contributed by atoms with Crippen molar-refractivity contribution < 1.29 is 8.42 Å². The summed E-state index contributed by atoms with van der Waals surface area (Å²) in [5.41, 5.74) is 6.88. The molecule has 0 aliphatic rings. The highest BCUT2D eigenvalue weighted by Gasteiger charge is 2.28. The summed E-state index contributed by atoms with van der Waals surface area (Å²) in [4.78, 5) is 0. The van der Waals surface area contributed by atoms with Gasteiger partial charge in [-0.15, -0.1) is 0 Å². The molecule has 0 bridgehead atoms. The molecule has 0 spiro atoms. The molecule has 0 saturated heterocycles. The molecule has 5 heteroatoms. The Hall–Kier alpha value is -1.07. The van der Waals surface area contributed by atoms with Crippen molar-refractivity contribution in [1.82, 2.24) is 4.31 Å². The number of rotatable bonds is 4. The van der Waals surface area contributed by atoms with Gasteiger partial charge in [-0.3, -0.25) is 0 Å². The standard InChI is InChI=1S/C13H22N2O2S/c1-13(2,3)15(4)18(16,17)9-8-11-6-5-7-12(14)10-11/h5-7,10H,8-9,14H2,1-4H3. The van der Waals surface area contributed by atoms with Crippen LogP contribution in [-0.4, -0.2) is 31.1 Å². The summed E-state index contributed by atoms with van der Waals surface area (Å²) in [6.45, 7) is 5.64. The summed E-state index contributed by atoms with van der Waals surface area (Å²) in [5.74, 6) is 0.101. The van der Waals surface area contributed by atoms with Crippen LogP contribution in [0.2, 0.25) is 0 Å². The Morgan fingerprint density at radius 1 is 1.28 bits per heavy atom. The van der Waals surface area contributed by atoms with Gasteiger partial charge in [-0.25, -0.2) is 8.42 Å². The molecule has 0 saturated carbocycles. The van der Waals surface area contributed by atoms with Crippen molar-refractivity contribution in [2.24, 2.45) is 0 Å². The van der Waals surface area contributed by atoms with Gasteiger partial charge in [0, 0.05) is 18.3 Å². The molecule has 0 unspecified atom stereocenters. The first-order chi connectivity index (χ1) is 8.13. The molecule has 0 amide bonds. The van der Waals surface area contributed by atoms with Crippen LogP contribution in [0.4, 0.5) is 5.69 Å². The third kappa shape index (κ3) is 3.99. The van der Waals surface area contributed by atoms with Crippen molar-refractivity contribution in [3.05, 3.63) is 29.8 Å². The van der Waals surface area contributed by atoms with E-state index in [2.05, 4.69) is 0 Å². The monoisotopic (exact) mass is 270 g/mol. The van der Waals surface area contributed by atoms with Gasteiger partial charge in [-0.2, -0.15) is 4.31 Å². The fourth-order valence-electron chi connectivity index (χ4n) is 1.55. The predicted molar refractivity (Wildman–Crippen MR) is 75.9 cm³/mol. The molecular formula is C13H22N2O2S. The first-order valence-electron chi connectivity index (χ1n) is 5.94. The zero-order chi connectivity index (χ0) is 14.0. The van der Waals surface area contributed by atoms with Gasteiger partial charge in [0.2, 0.25) is 10.0 Å². The minimum Gasteiger partial charge on any atom is -0.399 e. The highest BCUT2D eigenvalue weighted by molar-refractivity contribution is 7.89. The fourth-order valence-corrected chi connectivity index (χ4v) is 3.15. The summed E-state index contributed by atoms with van der Waals surface area (Å²) in [6, 6.07) is 7.33. The van der Waals surface area contributed by atoms with E-state index in [1.807, 2.05) is 39.0 Å². The van der Waals surface area contributed by atoms with Gasteiger partial charge in [0.15, 0.2) is 0 Å². The highest BCUT2D eigenvalue weighted by Crippen LogP contribution is 2.17. The van der Waals surface area contributed by atoms with Crippen molar-refractivity contribution in [1.29, 1.82) is 0 Å². The van der Waals surface area contributed by atoms with E-state index in [1.165, 1.54) is 4.31 Å². The minimum absolute atomic E-state index is 0.101.